The van der Waals surface area contributed by atoms with Crippen LogP contribution in [-0.4, -0.2) is 27.8 Å². The maximum Gasteiger partial charge on any atom is 0.122 e. The molecule has 126 valence electrons. The number of anilines is 1. The van der Waals surface area contributed by atoms with Gasteiger partial charge >= 0.3 is 0 Å². The molecule has 1 aromatic carbocycles. The Morgan fingerprint density at radius 3 is 2.30 bits per heavy atom. The molecule has 0 aliphatic carbocycles. The summed E-state index contributed by atoms with van der Waals surface area (Å²) in [7, 11) is 0. The third kappa shape index (κ3) is 5.71. The molecule has 0 saturated heterocycles. The largest absolute Gasteiger partial charge is 0.384 e. The quantitative estimate of drug-likeness (QED) is 0.723. The van der Waals surface area contributed by atoms with Crippen LogP contribution < -0.4 is 5.73 Å². The minimum absolute atomic E-state index is 0.733. The van der Waals surface area contributed by atoms with E-state index in [0.717, 1.165) is 37.7 Å². The van der Waals surface area contributed by atoms with Crippen molar-refractivity contribution in [3.63, 3.8) is 0 Å². The second-order valence-corrected chi connectivity index (χ2v) is 6.19. The summed E-state index contributed by atoms with van der Waals surface area (Å²) in [5.41, 5.74) is 8.45. The van der Waals surface area contributed by atoms with E-state index in [-0.39, 0.29) is 0 Å². The highest BCUT2D eigenvalue weighted by molar-refractivity contribution is 5.32. The SMILES string of the molecule is CCCCN(CCCC)Cc1cc(N)n(Cc2ccccc2)n1. The van der Waals surface area contributed by atoms with Crippen molar-refractivity contribution in [2.45, 2.75) is 52.6 Å². The first kappa shape index (κ1) is 17.5. The predicted octanol–water partition coefficient (Wildman–Crippen LogP) is 3.92. The molecule has 4 nitrogen and oxygen atoms in total. The van der Waals surface area contributed by atoms with Crippen LogP contribution in [0.1, 0.15) is 50.8 Å². The van der Waals surface area contributed by atoms with E-state index in [4.69, 9.17) is 10.8 Å². The molecular weight excluding hydrogens is 284 g/mol. The Hall–Kier alpha value is -1.81. The lowest BCUT2D eigenvalue weighted by Crippen LogP contribution is -2.25. The van der Waals surface area contributed by atoms with Gasteiger partial charge in [0, 0.05) is 12.6 Å². The molecule has 23 heavy (non-hydrogen) atoms. The van der Waals surface area contributed by atoms with Gasteiger partial charge in [-0.05, 0) is 31.5 Å². The molecule has 0 aliphatic rings. The minimum Gasteiger partial charge on any atom is -0.384 e. The minimum atomic E-state index is 0.733. The van der Waals surface area contributed by atoms with Crippen molar-refractivity contribution >= 4 is 5.82 Å². The Labute approximate surface area is 140 Å². The second-order valence-electron chi connectivity index (χ2n) is 6.19. The monoisotopic (exact) mass is 314 g/mol. The molecule has 0 bridgehead atoms. The highest BCUT2D eigenvalue weighted by Gasteiger charge is 2.10. The summed E-state index contributed by atoms with van der Waals surface area (Å²) in [6.07, 6.45) is 4.94. The zero-order valence-corrected chi connectivity index (χ0v) is 14.5. The van der Waals surface area contributed by atoms with E-state index < -0.39 is 0 Å². The fourth-order valence-corrected chi connectivity index (χ4v) is 2.71. The van der Waals surface area contributed by atoms with Crippen molar-refractivity contribution < 1.29 is 0 Å². The van der Waals surface area contributed by atoms with E-state index in [1.54, 1.807) is 0 Å². The summed E-state index contributed by atoms with van der Waals surface area (Å²) in [6.45, 7) is 8.39. The highest BCUT2D eigenvalue weighted by Crippen LogP contribution is 2.13. The van der Waals surface area contributed by atoms with E-state index in [1.165, 1.54) is 31.2 Å². The van der Waals surface area contributed by atoms with E-state index in [0.29, 0.717) is 0 Å². The van der Waals surface area contributed by atoms with Crippen LogP contribution in [0.15, 0.2) is 36.4 Å². The molecule has 0 radical (unpaired) electrons. The zero-order valence-electron chi connectivity index (χ0n) is 14.5. The molecule has 2 N–H and O–H groups in total. The number of hydrogen-bond donors (Lipinski definition) is 1. The van der Waals surface area contributed by atoms with E-state index in [2.05, 4.69) is 30.9 Å². The molecule has 2 aromatic rings. The number of unbranched alkanes of at least 4 members (excludes halogenated alkanes) is 2. The van der Waals surface area contributed by atoms with Gasteiger partial charge in [0.05, 0.1) is 12.2 Å². The van der Waals surface area contributed by atoms with Gasteiger partial charge in [0.25, 0.3) is 0 Å². The third-order valence-electron chi connectivity index (χ3n) is 4.08. The number of aromatic nitrogens is 2. The van der Waals surface area contributed by atoms with Crippen LogP contribution in [0.3, 0.4) is 0 Å². The summed E-state index contributed by atoms with van der Waals surface area (Å²) in [5.74, 6) is 0.745. The number of nitrogens with two attached hydrogens (primary N) is 1. The van der Waals surface area contributed by atoms with Crippen molar-refractivity contribution in [1.82, 2.24) is 14.7 Å². The van der Waals surface area contributed by atoms with Crippen molar-refractivity contribution in [2.24, 2.45) is 0 Å². The van der Waals surface area contributed by atoms with Gasteiger partial charge in [0.15, 0.2) is 0 Å². The molecule has 0 fully saturated rings. The summed E-state index contributed by atoms with van der Waals surface area (Å²) in [4.78, 5) is 2.50. The van der Waals surface area contributed by atoms with Crippen molar-refractivity contribution in [1.29, 1.82) is 0 Å². The van der Waals surface area contributed by atoms with Gasteiger partial charge in [0.2, 0.25) is 0 Å². The summed E-state index contributed by atoms with van der Waals surface area (Å²) >= 11 is 0. The van der Waals surface area contributed by atoms with Gasteiger partial charge in [-0.3, -0.25) is 4.90 Å². The Balaban J connectivity index is 2.00. The Morgan fingerprint density at radius 1 is 1.04 bits per heavy atom. The van der Waals surface area contributed by atoms with Crippen LogP contribution in [-0.2, 0) is 13.1 Å². The fourth-order valence-electron chi connectivity index (χ4n) is 2.71. The lowest BCUT2D eigenvalue weighted by atomic mass is 10.2. The first-order chi connectivity index (χ1) is 11.2. The van der Waals surface area contributed by atoms with Gasteiger partial charge < -0.3 is 5.73 Å². The number of rotatable bonds is 10. The van der Waals surface area contributed by atoms with Crippen molar-refractivity contribution in [3.05, 3.63) is 47.7 Å². The van der Waals surface area contributed by atoms with Gasteiger partial charge in [-0.15, -0.1) is 0 Å². The van der Waals surface area contributed by atoms with Crippen molar-refractivity contribution in [3.8, 4) is 0 Å². The summed E-state index contributed by atoms with van der Waals surface area (Å²) in [6, 6.07) is 12.4. The van der Waals surface area contributed by atoms with Crippen LogP contribution >= 0.6 is 0 Å². The maximum absolute atomic E-state index is 6.15. The average Bonchev–Trinajstić information content (AvgIpc) is 2.90. The van der Waals surface area contributed by atoms with E-state index >= 15 is 0 Å². The normalized spacial score (nSPS) is 11.3. The van der Waals surface area contributed by atoms with Crippen molar-refractivity contribution in [2.75, 3.05) is 18.8 Å². The number of nitrogen functional groups attached to an aromatic ring is 1. The molecule has 0 spiro atoms. The van der Waals surface area contributed by atoms with E-state index in [1.807, 2.05) is 28.9 Å². The Bertz CT molecular complexity index is 554. The lowest BCUT2D eigenvalue weighted by molar-refractivity contribution is 0.253. The molecule has 1 aromatic heterocycles. The molecular formula is C19H30N4. The average molecular weight is 314 g/mol. The van der Waals surface area contributed by atoms with Gasteiger partial charge in [-0.25, -0.2) is 4.68 Å². The maximum atomic E-state index is 6.15. The first-order valence-electron chi connectivity index (χ1n) is 8.81. The number of nitrogens with zero attached hydrogens (tertiary/aromatic N) is 3. The summed E-state index contributed by atoms with van der Waals surface area (Å²) in [5, 5.41) is 4.71. The molecule has 2 rings (SSSR count). The van der Waals surface area contributed by atoms with Crippen LogP contribution in [0.2, 0.25) is 0 Å². The van der Waals surface area contributed by atoms with Gasteiger partial charge in [-0.1, -0.05) is 57.0 Å². The topological polar surface area (TPSA) is 47.1 Å². The smallest absolute Gasteiger partial charge is 0.122 e. The van der Waals surface area contributed by atoms with Crippen LogP contribution in [0.5, 0.6) is 0 Å². The lowest BCUT2D eigenvalue weighted by Gasteiger charge is -2.20. The Kier molecular flexibility index (Phi) is 7.14. The first-order valence-corrected chi connectivity index (χ1v) is 8.81. The number of hydrogen-bond acceptors (Lipinski definition) is 3. The zero-order chi connectivity index (χ0) is 16.5. The van der Waals surface area contributed by atoms with Crippen LogP contribution in [0, 0.1) is 0 Å². The molecule has 0 amide bonds. The molecule has 4 heteroatoms. The predicted molar refractivity (Wildman–Crippen MR) is 97.3 cm³/mol. The molecule has 1 heterocycles. The molecule has 0 atom stereocenters. The summed E-state index contributed by atoms with van der Waals surface area (Å²) < 4.78 is 1.91. The van der Waals surface area contributed by atoms with Gasteiger partial charge in [-0.2, -0.15) is 5.10 Å². The third-order valence-corrected chi connectivity index (χ3v) is 4.08. The molecule has 0 unspecified atom stereocenters. The van der Waals surface area contributed by atoms with Crippen LogP contribution in [0.4, 0.5) is 5.82 Å². The number of benzene rings is 1. The Morgan fingerprint density at radius 2 is 1.70 bits per heavy atom. The fraction of sp³-hybridized carbons (Fsp3) is 0.526. The van der Waals surface area contributed by atoms with Gasteiger partial charge in [0.1, 0.15) is 5.82 Å². The molecule has 0 aliphatic heterocycles. The standard InChI is InChI=1S/C19H30N4/c1-3-5-12-22(13-6-4-2)16-18-14-19(20)23(21-18)15-17-10-8-7-9-11-17/h7-11,14H,3-6,12-13,15-16,20H2,1-2H3. The highest BCUT2D eigenvalue weighted by atomic mass is 15.3. The van der Waals surface area contributed by atoms with E-state index in [9.17, 15) is 0 Å². The molecule has 0 saturated carbocycles. The second kappa shape index (κ2) is 9.36. The van der Waals surface area contributed by atoms with Crippen LogP contribution in [0.25, 0.3) is 0 Å².